The molecule has 4 nitrogen and oxygen atoms in total. The zero-order valence-corrected chi connectivity index (χ0v) is 12.1. The third kappa shape index (κ3) is 4.67. The minimum atomic E-state index is -3.67. The summed E-state index contributed by atoms with van der Waals surface area (Å²) in [6.07, 6.45) is 7.33. The van der Waals surface area contributed by atoms with Crippen LogP contribution in [0.15, 0.2) is 29.2 Å². The van der Waals surface area contributed by atoms with Crippen molar-refractivity contribution in [2.24, 2.45) is 5.14 Å². The maximum Gasteiger partial charge on any atom is 0.238 e. The van der Waals surface area contributed by atoms with Gasteiger partial charge in [0.25, 0.3) is 0 Å². The second-order valence-corrected chi connectivity index (χ2v) is 6.08. The Morgan fingerprint density at radius 3 is 2.68 bits per heavy atom. The highest BCUT2D eigenvalue weighted by Crippen LogP contribution is 2.17. The highest BCUT2D eigenvalue weighted by Gasteiger charge is 2.13. The van der Waals surface area contributed by atoms with Crippen LogP contribution in [0.2, 0.25) is 0 Å². The fourth-order valence-corrected chi connectivity index (χ4v) is 2.43. The number of primary sulfonamides is 1. The van der Waals surface area contributed by atoms with E-state index in [0.717, 1.165) is 18.4 Å². The molecule has 0 saturated heterocycles. The maximum absolute atomic E-state index is 11.3. The molecule has 104 valence electrons. The SMILES string of the molecule is C#CC(CCC)NC(C)c1cccc(S(N)(=O)=O)c1. The summed E-state index contributed by atoms with van der Waals surface area (Å²) in [5.41, 5.74) is 0.850. The van der Waals surface area contributed by atoms with Crippen molar-refractivity contribution in [2.75, 3.05) is 0 Å². The number of terminal acetylenes is 1. The number of benzene rings is 1. The van der Waals surface area contributed by atoms with Crippen molar-refractivity contribution in [3.63, 3.8) is 0 Å². The lowest BCUT2D eigenvalue weighted by atomic mass is 10.1. The molecule has 3 N–H and O–H groups in total. The summed E-state index contributed by atoms with van der Waals surface area (Å²) in [5.74, 6) is 2.69. The molecular weight excluding hydrogens is 260 g/mol. The van der Waals surface area contributed by atoms with E-state index in [-0.39, 0.29) is 17.0 Å². The Labute approximate surface area is 115 Å². The lowest BCUT2D eigenvalue weighted by Crippen LogP contribution is -2.30. The van der Waals surface area contributed by atoms with Gasteiger partial charge < -0.3 is 0 Å². The van der Waals surface area contributed by atoms with Crippen molar-refractivity contribution in [2.45, 2.75) is 43.7 Å². The summed E-state index contributed by atoms with van der Waals surface area (Å²) in [5, 5.41) is 8.41. The number of hydrogen-bond donors (Lipinski definition) is 2. The van der Waals surface area contributed by atoms with Crippen molar-refractivity contribution in [3.8, 4) is 12.3 Å². The van der Waals surface area contributed by atoms with Crippen molar-refractivity contribution in [1.29, 1.82) is 0 Å². The van der Waals surface area contributed by atoms with E-state index < -0.39 is 10.0 Å². The maximum atomic E-state index is 11.3. The van der Waals surface area contributed by atoms with Gasteiger partial charge in [-0.15, -0.1) is 6.42 Å². The van der Waals surface area contributed by atoms with Gasteiger partial charge >= 0.3 is 0 Å². The van der Waals surface area contributed by atoms with Gasteiger partial charge in [0.05, 0.1) is 10.9 Å². The van der Waals surface area contributed by atoms with Crippen LogP contribution in [-0.2, 0) is 10.0 Å². The minimum Gasteiger partial charge on any atom is -0.297 e. The predicted octanol–water partition coefficient (Wildman–Crippen LogP) is 1.79. The summed E-state index contributed by atoms with van der Waals surface area (Å²) in [7, 11) is -3.67. The molecule has 2 atom stereocenters. The van der Waals surface area contributed by atoms with Crippen LogP contribution in [0.3, 0.4) is 0 Å². The molecule has 0 aliphatic rings. The first-order valence-corrected chi connectivity index (χ1v) is 7.78. The molecule has 0 bridgehead atoms. The number of rotatable bonds is 6. The quantitative estimate of drug-likeness (QED) is 0.780. The van der Waals surface area contributed by atoms with Crippen LogP contribution in [0, 0.1) is 12.3 Å². The fourth-order valence-electron chi connectivity index (χ4n) is 1.86. The molecule has 0 fully saturated rings. The van der Waals surface area contributed by atoms with Gasteiger partial charge in [0.1, 0.15) is 0 Å². The molecule has 0 heterocycles. The van der Waals surface area contributed by atoms with Crippen LogP contribution in [0.25, 0.3) is 0 Å². The first-order valence-electron chi connectivity index (χ1n) is 6.23. The predicted molar refractivity (Wildman–Crippen MR) is 76.9 cm³/mol. The summed E-state index contributed by atoms with van der Waals surface area (Å²) >= 11 is 0. The van der Waals surface area contributed by atoms with Crippen LogP contribution in [-0.4, -0.2) is 14.5 Å². The average molecular weight is 280 g/mol. The Hall–Kier alpha value is -1.35. The highest BCUT2D eigenvalue weighted by atomic mass is 32.2. The number of sulfonamides is 1. The van der Waals surface area contributed by atoms with E-state index in [1.165, 1.54) is 6.07 Å². The van der Waals surface area contributed by atoms with Gasteiger partial charge in [0.15, 0.2) is 0 Å². The van der Waals surface area contributed by atoms with Gasteiger partial charge in [-0.1, -0.05) is 31.4 Å². The van der Waals surface area contributed by atoms with Gasteiger partial charge in [-0.2, -0.15) is 0 Å². The van der Waals surface area contributed by atoms with Crippen molar-refractivity contribution in [1.82, 2.24) is 5.32 Å². The van der Waals surface area contributed by atoms with Crippen LogP contribution < -0.4 is 10.5 Å². The van der Waals surface area contributed by atoms with Gasteiger partial charge in [0, 0.05) is 6.04 Å². The second-order valence-electron chi connectivity index (χ2n) is 4.51. The highest BCUT2D eigenvalue weighted by molar-refractivity contribution is 7.89. The lowest BCUT2D eigenvalue weighted by Gasteiger charge is -2.19. The summed E-state index contributed by atoms with van der Waals surface area (Å²) in [6.45, 7) is 4.01. The van der Waals surface area contributed by atoms with E-state index in [2.05, 4.69) is 18.2 Å². The van der Waals surface area contributed by atoms with Crippen molar-refractivity contribution < 1.29 is 8.42 Å². The Balaban J connectivity index is 2.89. The summed E-state index contributed by atoms with van der Waals surface area (Å²) < 4.78 is 22.6. The molecule has 19 heavy (non-hydrogen) atoms. The molecule has 0 aliphatic carbocycles. The van der Waals surface area contributed by atoms with Crippen LogP contribution in [0.1, 0.15) is 38.3 Å². The molecule has 0 amide bonds. The standard InChI is InChI=1S/C14H20N2O2S/c1-4-7-13(5-2)16-11(3)12-8-6-9-14(10-12)19(15,17)18/h2,6,8-11,13,16H,4,7H2,1,3H3,(H2,15,17,18). The van der Waals surface area contributed by atoms with Crippen molar-refractivity contribution >= 4 is 10.0 Å². The molecule has 1 aromatic rings. The molecular formula is C14H20N2O2S. The molecule has 0 radical (unpaired) electrons. The third-order valence-corrected chi connectivity index (χ3v) is 3.83. The van der Waals surface area contributed by atoms with E-state index >= 15 is 0 Å². The molecule has 0 aliphatic heterocycles. The second kappa shape index (κ2) is 6.71. The zero-order valence-electron chi connectivity index (χ0n) is 11.3. The molecule has 2 unspecified atom stereocenters. The monoisotopic (exact) mass is 280 g/mol. The zero-order chi connectivity index (χ0) is 14.5. The van der Waals surface area contributed by atoms with Crippen LogP contribution >= 0.6 is 0 Å². The molecule has 5 heteroatoms. The Bertz CT molecular complexity index is 561. The Kier molecular flexibility index (Phi) is 5.55. The number of nitrogens with two attached hydrogens (primary N) is 1. The van der Waals surface area contributed by atoms with Gasteiger partial charge in [-0.25, -0.2) is 13.6 Å². The van der Waals surface area contributed by atoms with E-state index in [4.69, 9.17) is 11.6 Å². The molecule has 0 spiro atoms. The van der Waals surface area contributed by atoms with E-state index in [0.29, 0.717) is 0 Å². The van der Waals surface area contributed by atoms with E-state index in [1.807, 2.05) is 13.0 Å². The van der Waals surface area contributed by atoms with Gasteiger partial charge in [-0.3, -0.25) is 5.32 Å². The number of nitrogens with one attached hydrogen (secondary N) is 1. The van der Waals surface area contributed by atoms with Crippen LogP contribution in [0.5, 0.6) is 0 Å². The number of hydrogen-bond acceptors (Lipinski definition) is 3. The first kappa shape index (κ1) is 15.7. The largest absolute Gasteiger partial charge is 0.297 e. The van der Waals surface area contributed by atoms with Crippen LogP contribution in [0.4, 0.5) is 0 Å². The smallest absolute Gasteiger partial charge is 0.238 e. The molecule has 1 rings (SSSR count). The van der Waals surface area contributed by atoms with Gasteiger partial charge in [0.2, 0.25) is 10.0 Å². The Morgan fingerprint density at radius 1 is 1.47 bits per heavy atom. The normalized spacial score (nSPS) is 14.6. The fraction of sp³-hybridized carbons (Fsp3) is 0.429. The minimum absolute atomic E-state index is 0.0156. The van der Waals surface area contributed by atoms with E-state index in [1.54, 1.807) is 12.1 Å². The summed E-state index contributed by atoms with van der Waals surface area (Å²) in [6, 6.07) is 6.54. The molecule has 0 saturated carbocycles. The molecule has 1 aromatic carbocycles. The first-order chi connectivity index (χ1) is 8.88. The van der Waals surface area contributed by atoms with Gasteiger partial charge in [-0.05, 0) is 31.0 Å². The average Bonchev–Trinajstić information content (AvgIpc) is 2.37. The topological polar surface area (TPSA) is 72.2 Å². The summed E-state index contributed by atoms with van der Waals surface area (Å²) in [4.78, 5) is 0.117. The third-order valence-electron chi connectivity index (χ3n) is 2.92. The molecule has 0 aromatic heterocycles. The Morgan fingerprint density at radius 2 is 2.16 bits per heavy atom. The van der Waals surface area contributed by atoms with E-state index in [9.17, 15) is 8.42 Å². The lowest BCUT2D eigenvalue weighted by molar-refractivity contribution is 0.494. The van der Waals surface area contributed by atoms with Crippen molar-refractivity contribution in [3.05, 3.63) is 29.8 Å².